The fraction of sp³-hybridized carbons (Fsp3) is 0.400. The standard InChI is InChI=1S/C30H33ClO9/c1-16(2)19-6-4-18(5-7-19)10-21-11-20(8-9-25(21)31)30-24(14-29(37)38)22(12-27(33)34)23(13-28(35)36)26(40-30)15-39-17(3)32/h4-9,11,22-24,26,30H,1,10,12-15H2,2-3H3,(H,33,34)(H,35,36)(H,37,38)/t22-,23+,24-,26-,30+/m0/s1. The lowest BCUT2D eigenvalue weighted by Gasteiger charge is -2.46. The van der Waals surface area contributed by atoms with Crippen molar-refractivity contribution in [3.8, 4) is 0 Å². The van der Waals surface area contributed by atoms with Crippen LogP contribution in [0.25, 0.3) is 5.57 Å². The summed E-state index contributed by atoms with van der Waals surface area (Å²) in [4.78, 5) is 47.1. The Morgan fingerprint density at radius 3 is 2.00 bits per heavy atom. The van der Waals surface area contributed by atoms with Crippen molar-refractivity contribution < 1.29 is 44.0 Å². The fourth-order valence-electron chi connectivity index (χ4n) is 5.38. The molecule has 1 fully saturated rings. The molecule has 3 N–H and O–H groups in total. The van der Waals surface area contributed by atoms with E-state index in [1.165, 1.54) is 6.92 Å². The van der Waals surface area contributed by atoms with Gasteiger partial charge in [0, 0.05) is 30.2 Å². The third-order valence-electron chi connectivity index (χ3n) is 7.21. The van der Waals surface area contributed by atoms with Gasteiger partial charge in [0.25, 0.3) is 0 Å². The highest BCUT2D eigenvalue weighted by molar-refractivity contribution is 6.31. The second kappa shape index (κ2) is 13.6. The first-order valence-corrected chi connectivity index (χ1v) is 13.2. The lowest BCUT2D eigenvalue weighted by atomic mass is 9.68. The monoisotopic (exact) mass is 572 g/mol. The molecule has 9 nitrogen and oxygen atoms in total. The van der Waals surface area contributed by atoms with Crippen LogP contribution >= 0.6 is 11.6 Å². The van der Waals surface area contributed by atoms with Crippen LogP contribution in [0.2, 0.25) is 5.02 Å². The van der Waals surface area contributed by atoms with E-state index in [-0.39, 0.29) is 6.61 Å². The summed E-state index contributed by atoms with van der Waals surface area (Å²) in [7, 11) is 0. The normalized spacial score (nSPS) is 22.3. The molecule has 0 spiro atoms. The van der Waals surface area contributed by atoms with E-state index in [0.29, 0.717) is 17.0 Å². The number of carbonyl (C=O) groups excluding carboxylic acids is 1. The van der Waals surface area contributed by atoms with Gasteiger partial charge in [-0.2, -0.15) is 0 Å². The Labute approximate surface area is 237 Å². The molecule has 3 rings (SSSR count). The third kappa shape index (κ3) is 8.16. The van der Waals surface area contributed by atoms with Gasteiger partial charge in [-0.05, 0) is 47.6 Å². The van der Waals surface area contributed by atoms with Crippen molar-refractivity contribution in [2.45, 2.75) is 51.7 Å². The molecule has 1 heterocycles. The summed E-state index contributed by atoms with van der Waals surface area (Å²) < 4.78 is 11.4. The van der Waals surface area contributed by atoms with Crippen molar-refractivity contribution in [1.82, 2.24) is 0 Å². The minimum atomic E-state index is -1.20. The van der Waals surface area contributed by atoms with E-state index >= 15 is 0 Å². The average Bonchev–Trinajstić information content (AvgIpc) is 2.86. The van der Waals surface area contributed by atoms with Gasteiger partial charge in [0.2, 0.25) is 0 Å². The van der Waals surface area contributed by atoms with Crippen molar-refractivity contribution in [2.75, 3.05) is 6.61 Å². The van der Waals surface area contributed by atoms with E-state index < -0.39 is 73.1 Å². The molecule has 40 heavy (non-hydrogen) atoms. The van der Waals surface area contributed by atoms with Crippen LogP contribution in [0.1, 0.15) is 61.5 Å². The number of halogens is 1. The molecule has 0 radical (unpaired) electrons. The molecule has 0 saturated carbocycles. The zero-order valence-corrected chi connectivity index (χ0v) is 23.1. The summed E-state index contributed by atoms with van der Waals surface area (Å²) in [5.41, 5.74) is 4.25. The van der Waals surface area contributed by atoms with Gasteiger partial charge in [-0.1, -0.05) is 60.2 Å². The molecule has 1 aliphatic heterocycles. The van der Waals surface area contributed by atoms with Gasteiger partial charge in [0.05, 0.1) is 25.0 Å². The predicted octanol–water partition coefficient (Wildman–Crippen LogP) is 5.24. The van der Waals surface area contributed by atoms with Gasteiger partial charge in [0.1, 0.15) is 6.61 Å². The summed E-state index contributed by atoms with van der Waals surface area (Å²) in [6, 6.07) is 13.0. The lowest BCUT2D eigenvalue weighted by Crippen LogP contribution is -2.48. The van der Waals surface area contributed by atoms with Crippen molar-refractivity contribution in [3.05, 3.63) is 76.3 Å². The highest BCUT2D eigenvalue weighted by atomic mass is 35.5. The number of hydrogen-bond donors (Lipinski definition) is 3. The van der Waals surface area contributed by atoms with Crippen LogP contribution in [0, 0.1) is 17.8 Å². The number of benzene rings is 2. The van der Waals surface area contributed by atoms with Crippen LogP contribution in [0.5, 0.6) is 0 Å². The molecule has 0 amide bonds. The van der Waals surface area contributed by atoms with Crippen LogP contribution < -0.4 is 0 Å². The SMILES string of the molecule is C=C(C)c1ccc(Cc2cc([C@H]3O[C@@H](COC(C)=O)[C@H](CC(=O)O)[C@H](CC(=O)O)[C@@H]3CC(=O)O)ccc2Cl)cc1. The van der Waals surface area contributed by atoms with E-state index in [4.69, 9.17) is 21.1 Å². The van der Waals surface area contributed by atoms with Crippen molar-refractivity contribution in [1.29, 1.82) is 0 Å². The Hall–Kier alpha value is -3.69. The van der Waals surface area contributed by atoms with Crippen LogP contribution in [-0.4, -0.2) is 51.9 Å². The molecule has 1 saturated heterocycles. The number of aliphatic carboxylic acids is 3. The van der Waals surface area contributed by atoms with Gasteiger partial charge in [-0.25, -0.2) is 0 Å². The Morgan fingerprint density at radius 2 is 1.45 bits per heavy atom. The molecule has 0 aliphatic carbocycles. The summed E-state index contributed by atoms with van der Waals surface area (Å²) in [5.74, 6) is -6.81. The van der Waals surface area contributed by atoms with E-state index in [1.807, 2.05) is 31.2 Å². The van der Waals surface area contributed by atoms with Crippen molar-refractivity contribution in [3.63, 3.8) is 0 Å². The number of carboxylic acid groups (broad SMARTS) is 3. The number of ether oxygens (including phenoxy) is 2. The van der Waals surface area contributed by atoms with Gasteiger partial charge < -0.3 is 24.8 Å². The Balaban J connectivity index is 2.05. The lowest BCUT2D eigenvalue weighted by molar-refractivity contribution is -0.189. The molecule has 2 aromatic carbocycles. The summed E-state index contributed by atoms with van der Waals surface area (Å²) in [6.07, 6.45) is -2.79. The zero-order valence-electron chi connectivity index (χ0n) is 22.3. The first-order chi connectivity index (χ1) is 18.8. The molecule has 214 valence electrons. The molecule has 0 unspecified atom stereocenters. The van der Waals surface area contributed by atoms with Crippen LogP contribution in [0.3, 0.4) is 0 Å². The molecule has 2 aromatic rings. The number of allylic oxidation sites excluding steroid dienone is 1. The second-order valence-corrected chi connectivity index (χ2v) is 10.6. The van der Waals surface area contributed by atoms with E-state index in [9.17, 15) is 34.5 Å². The van der Waals surface area contributed by atoms with Crippen LogP contribution in [0.4, 0.5) is 0 Å². The third-order valence-corrected chi connectivity index (χ3v) is 7.58. The van der Waals surface area contributed by atoms with E-state index in [2.05, 4.69) is 6.58 Å². The van der Waals surface area contributed by atoms with Crippen molar-refractivity contribution in [2.24, 2.45) is 17.8 Å². The number of hydrogen-bond acceptors (Lipinski definition) is 6. The quantitative estimate of drug-likeness (QED) is 0.290. The number of carbonyl (C=O) groups is 4. The van der Waals surface area contributed by atoms with Gasteiger partial charge in [0.15, 0.2) is 0 Å². The molecule has 1 aliphatic rings. The largest absolute Gasteiger partial charge is 0.481 e. The first-order valence-electron chi connectivity index (χ1n) is 12.8. The minimum Gasteiger partial charge on any atom is -0.481 e. The second-order valence-electron chi connectivity index (χ2n) is 10.2. The topological polar surface area (TPSA) is 147 Å². The predicted molar refractivity (Wildman–Crippen MR) is 147 cm³/mol. The molecule has 0 aromatic heterocycles. The molecular weight excluding hydrogens is 540 g/mol. The fourth-order valence-corrected chi connectivity index (χ4v) is 5.56. The molecule has 0 bridgehead atoms. The van der Waals surface area contributed by atoms with Crippen molar-refractivity contribution >= 4 is 41.1 Å². The van der Waals surface area contributed by atoms with Gasteiger partial charge in [-0.15, -0.1) is 0 Å². The van der Waals surface area contributed by atoms with Gasteiger partial charge in [-0.3, -0.25) is 19.2 Å². The maximum absolute atomic E-state index is 11.9. The summed E-state index contributed by atoms with van der Waals surface area (Å²) >= 11 is 6.53. The Bertz CT molecular complexity index is 1270. The van der Waals surface area contributed by atoms with E-state index in [1.54, 1.807) is 18.2 Å². The first kappa shape index (κ1) is 30.8. The minimum absolute atomic E-state index is 0.296. The molecule has 5 atom stereocenters. The Morgan fingerprint density at radius 1 is 0.875 bits per heavy atom. The van der Waals surface area contributed by atoms with E-state index in [0.717, 1.165) is 22.3 Å². The molecule has 10 heteroatoms. The average molecular weight is 573 g/mol. The summed E-state index contributed by atoms with van der Waals surface area (Å²) in [5, 5.41) is 29.5. The number of esters is 1. The smallest absolute Gasteiger partial charge is 0.303 e. The zero-order chi connectivity index (χ0) is 29.6. The maximum atomic E-state index is 11.9. The number of rotatable bonds is 12. The summed E-state index contributed by atoms with van der Waals surface area (Å²) in [6.45, 7) is 6.76. The van der Waals surface area contributed by atoms with Crippen LogP contribution in [0.15, 0.2) is 49.0 Å². The Kier molecular flexibility index (Phi) is 10.5. The van der Waals surface area contributed by atoms with Gasteiger partial charge >= 0.3 is 23.9 Å². The molecular formula is C30H33ClO9. The highest BCUT2D eigenvalue weighted by Gasteiger charge is 2.48. The van der Waals surface area contributed by atoms with Crippen LogP contribution in [-0.2, 0) is 35.1 Å². The number of carboxylic acids is 3. The highest BCUT2D eigenvalue weighted by Crippen LogP contribution is 2.48. The maximum Gasteiger partial charge on any atom is 0.303 e.